The SMILES string of the molecule is CC(Cc1ccccc1)C(=O)N1CCOC(C)(c2ccccc2)C1c1ccccc1. The molecule has 0 aliphatic carbocycles. The van der Waals surface area contributed by atoms with Crippen LogP contribution in [-0.2, 0) is 21.6 Å². The van der Waals surface area contributed by atoms with Gasteiger partial charge in [0, 0.05) is 12.5 Å². The molecule has 0 N–H and O–H groups in total. The molecule has 4 rings (SSSR count). The summed E-state index contributed by atoms with van der Waals surface area (Å²) < 4.78 is 6.40. The van der Waals surface area contributed by atoms with Crippen molar-refractivity contribution < 1.29 is 9.53 Å². The van der Waals surface area contributed by atoms with Gasteiger partial charge in [0.05, 0.1) is 12.6 Å². The van der Waals surface area contributed by atoms with Crippen molar-refractivity contribution in [1.82, 2.24) is 4.90 Å². The van der Waals surface area contributed by atoms with Crippen molar-refractivity contribution in [1.29, 1.82) is 0 Å². The Morgan fingerprint density at radius 3 is 2.17 bits per heavy atom. The third kappa shape index (κ3) is 4.03. The van der Waals surface area contributed by atoms with Crippen molar-refractivity contribution in [2.24, 2.45) is 5.92 Å². The maximum absolute atomic E-state index is 13.7. The molecule has 0 spiro atoms. The molecule has 1 fully saturated rings. The van der Waals surface area contributed by atoms with Crippen LogP contribution in [0.15, 0.2) is 91.0 Å². The van der Waals surface area contributed by atoms with E-state index in [4.69, 9.17) is 4.74 Å². The van der Waals surface area contributed by atoms with Crippen LogP contribution >= 0.6 is 0 Å². The van der Waals surface area contributed by atoms with Crippen molar-refractivity contribution in [3.8, 4) is 0 Å². The molecule has 1 aliphatic heterocycles. The Morgan fingerprint density at radius 2 is 1.53 bits per heavy atom. The van der Waals surface area contributed by atoms with E-state index < -0.39 is 5.60 Å². The first kappa shape index (κ1) is 20.4. The van der Waals surface area contributed by atoms with E-state index in [0.29, 0.717) is 13.2 Å². The summed E-state index contributed by atoms with van der Waals surface area (Å²) in [5.74, 6) is 0.0786. The minimum atomic E-state index is -0.608. The third-order valence-corrected chi connectivity index (χ3v) is 6.12. The number of benzene rings is 3. The smallest absolute Gasteiger partial charge is 0.226 e. The van der Waals surface area contributed by atoms with Gasteiger partial charge in [0.25, 0.3) is 0 Å². The lowest BCUT2D eigenvalue weighted by Gasteiger charge is -2.49. The number of morpholine rings is 1. The highest BCUT2D eigenvalue weighted by Crippen LogP contribution is 2.45. The molecule has 3 atom stereocenters. The average molecular weight is 400 g/mol. The van der Waals surface area contributed by atoms with Crippen LogP contribution in [0.3, 0.4) is 0 Å². The van der Waals surface area contributed by atoms with Gasteiger partial charge in [-0.05, 0) is 30.0 Å². The molecule has 1 heterocycles. The summed E-state index contributed by atoms with van der Waals surface area (Å²) >= 11 is 0. The first-order valence-electron chi connectivity index (χ1n) is 10.7. The zero-order valence-corrected chi connectivity index (χ0v) is 17.7. The number of hydrogen-bond acceptors (Lipinski definition) is 2. The van der Waals surface area contributed by atoms with Crippen molar-refractivity contribution in [2.75, 3.05) is 13.2 Å². The van der Waals surface area contributed by atoms with Crippen LogP contribution in [0, 0.1) is 5.92 Å². The minimum absolute atomic E-state index is 0.100. The Balaban J connectivity index is 1.69. The Morgan fingerprint density at radius 1 is 0.967 bits per heavy atom. The number of carbonyl (C=O) groups is 1. The van der Waals surface area contributed by atoms with E-state index >= 15 is 0 Å². The summed E-state index contributed by atoms with van der Waals surface area (Å²) in [6.45, 7) is 5.27. The van der Waals surface area contributed by atoms with Crippen LogP contribution in [0.1, 0.15) is 36.6 Å². The van der Waals surface area contributed by atoms with Crippen LogP contribution in [0.2, 0.25) is 0 Å². The maximum atomic E-state index is 13.7. The molecule has 1 amide bonds. The van der Waals surface area contributed by atoms with E-state index in [1.54, 1.807) is 0 Å². The highest BCUT2D eigenvalue weighted by atomic mass is 16.5. The van der Waals surface area contributed by atoms with E-state index in [1.807, 2.05) is 66.4 Å². The number of nitrogens with zero attached hydrogens (tertiary/aromatic N) is 1. The molecule has 0 aromatic heterocycles. The fourth-order valence-electron chi connectivity index (χ4n) is 4.58. The molecular formula is C27H29NO2. The van der Waals surface area contributed by atoms with Gasteiger partial charge in [-0.1, -0.05) is 97.9 Å². The number of amides is 1. The number of rotatable bonds is 5. The summed E-state index contributed by atoms with van der Waals surface area (Å²) in [7, 11) is 0. The Labute approximate surface area is 179 Å². The summed E-state index contributed by atoms with van der Waals surface area (Å²) in [6.07, 6.45) is 0.737. The van der Waals surface area contributed by atoms with Crippen LogP contribution in [0.25, 0.3) is 0 Å². The highest BCUT2D eigenvalue weighted by Gasteiger charge is 2.46. The molecule has 3 heteroatoms. The number of hydrogen-bond donors (Lipinski definition) is 0. The number of carbonyl (C=O) groups excluding carboxylic acids is 1. The standard InChI is InChI=1S/C27H29NO2/c1-21(20-22-12-6-3-7-13-22)26(29)28-18-19-30-27(2,24-16-10-5-11-17-24)25(28)23-14-8-4-9-15-23/h3-17,21,25H,18-20H2,1-2H3. The van der Waals surface area contributed by atoms with Gasteiger partial charge in [0.1, 0.15) is 5.60 Å². The van der Waals surface area contributed by atoms with Gasteiger partial charge in [-0.25, -0.2) is 0 Å². The molecule has 154 valence electrons. The zero-order chi connectivity index (χ0) is 21.0. The van der Waals surface area contributed by atoms with Gasteiger partial charge in [-0.15, -0.1) is 0 Å². The van der Waals surface area contributed by atoms with Gasteiger partial charge in [-0.2, -0.15) is 0 Å². The normalized spacial score (nSPS) is 22.5. The van der Waals surface area contributed by atoms with Gasteiger partial charge < -0.3 is 9.64 Å². The second-order valence-corrected chi connectivity index (χ2v) is 8.26. The van der Waals surface area contributed by atoms with Crippen LogP contribution < -0.4 is 0 Å². The summed E-state index contributed by atoms with van der Waals surface area (Å²) in [4.78, 5) is 15.7. The molecule has 3 aromatic carbocycles. The average Bonchev–Trinajstić information content (AvgIpc) is 2.80. The fraction of sp³-hybridized carbons (Fsp3) is 0.296. The molecule has 0 saturated carbocycles. The number of ether oxygens (including phenoxy) is 1. The molecular weight excluding hydrogens is 370 g/mol. The molecule has 0 radical (unpaired) electrons. The summed E-state index contributed by atoms with van der Waals surface area (Å²) in [5.41, 5.74) is 2.77. The topological polar surface area (TPSA) is 29.5 Å². The first-order valence-corrected chi connectivity index (χ1v) is 10.7. The molecule has 1 aliphatic rings. The summed E-state index contributed by atoms with van der Waals surface area (Å²) in [5, 5.41) is 0. The van der Waals surface area contributed by atoms with E-state index in [2.05, 4.69) is 43.3 Å². The van der Waals surface area contributed by atoms with E-state index in [1.165, 1.54) is 5.56 Å². The Kier molecular flexibility index (Phi) is 6.01. The molecule has 30 heavy (non-hydrogen) atoms. The van der Waals surface area contributed by atoms with Gasteiger partial charge in [0.2, 0.25) is 5.91 Å². The van der Waals surface area contributed by atoms with Crippen molar-refractivity contribution in [3.05, 3.63) is 108 Å². The first-order chi connectivity index (χ1) is 14.6. The minimum Gasteiger partial charge on any atom is -0.366 e. The van der Waals surface area contributed by atoms with Crippen molar-refractivity contribution in [3.63, 3.8) is 0 Å². The van der Waals surface area contributed by atoms with E-state index in [0.717, 1.165) is 17.5 Å². The van der Waals surface area contributed by atoms with E-state index in [-0.39, 0.29) is 17.9 Å². The predicted octanol–water partition coefficient (Wildman–Crippen LogP) is 5.38. The molecule has 3 nitrogen and oxygen atoms in total. The molecule has 1 saturated heterocycles. The zero-order valence-electron chi connectivity index (χ0n) is 17.7. The quantitative estimate of drug-likeness (QED) is 0.576. The lowest BCUT2D eigenvalue weighted by Crippen LogP contribution is -2.54. The van der Waals surface area contributed by atoms with Crippen LogP contribution in [-0.4, -0.2) is 24.0 Å². The Hall–Kier alpha value is -2.91. The van der Waals surface area contributed by atoms with Crippen molar-refractivity contribution in [2.45, 2.75) is 31.9 Å². The van der Waals surface area contributed by atoms with Gasteiger partial charge in [0.15, 0.2) is 0 Å². The second kappa shape index (κ2) is 8.85. The van der Waals surface area contributed by atoms with Gasteiger partial charge >= 0.3 is 0 Å². The highest BCUT2D eigenvalue weighted by molar-refractivity contribution is 5.79. The van der Waals surface area contributed by atoms with Gasteiger partial charge in [-0.3, -0.25) is 4.79 Å². The van der Waals surface area contributed by atoms with Crippen LogP contribution in [0.5, 0.6) is 0 Å². The maximum Gasteiger partial charge on any atom is 0.226 e. The molecule has 3 aromatic rings. The fourth-order valence-corrected chi connectivity index (χ4v) is 4.58. The van der Waals surface area contributed by atoms with Crippen LogP contribution in [0.4, 0.5) is 0 Å². The molecule has 0 bridgehead atoms. The molecule has 3 unspecified atom stereocenters. The monoisotopic (exact) mass is 399 g/mol. The van der Waals surface area contributed by atoms with E-state index in [9.17, 15) is 4.79 Å². The predicted molar refractivity (Wildman–Crippen MR) is 120 cm³/mol. The lowest BCUT2D eigenvalue weighted by atomic mass is 9.81. The Bertz CT molecular complexity index is 958. The van der Waals surface area contributed by atoms with Crippen molar-refractivity contribution >= 4 is 5.91 Å². The largest absolute Gasteiger partial charge is 0.366 e. The lowest BCUT2D eigenvalue weighted by molar-refractivity contribution is -0.172. The third-order valence-electron chi connectivity index (χ3n) is 6.12. The second-order valence-electron chi connectivity index (χ2n) is 8.26. The summed E-state index contributed by atoms with van der Waals surface area (Å²) in [6, 6.07) is 30.6.